The van der Waals surface area contributed by atoms with Crippen LogP contribution in [0.2, 0.25) is 0 Å². The normalized spacial score (nSPS) is 10.4. The van der Waals surface area contributed by atoms with Gasteiger partial charge in [-0.2, -0.15) is 5.10 Å². The van der Waals surface area contributed by atoms with Crippen LogP contribution in [0.3, 0.4) is 0 Å². The van der Waals surface area contributed by atoms with Crippen molar-refractivity contribution in [1.82, 2.24) is 10.2 Å². The average molecular weight is 258 g/mol. The number of amides is 1. The van der Waals surface area contributed by atoms with Crippen LogP contribution in [0.5, 0.6) is 0 Å². The average Bonchev–Trinajstić information content (AvgIpc) is 2.86. The second-order valence-corrected chi connectivity index (χ2v) is 4.34. The van der Waals surface area contributed by atoms with Gasteiger partial charge in [-0.1, -0.05) is 31.5 Å². The van der Waals surface area contributed by atoms with Crippen molar-refractivity contribution < 1.29 is 4.79 Å². The van der Waals surface area contributed by atoms with E-state index < -0.39 is 0 Å². The molecule has 1 amide bonds. The Bertz CT molecular complexity index is 535. The molecule has 2 aromatic rings. The predicted molar refractivity (Wildman–Crippen MR) is 76.0 cm³/mol. The number of nitrogen functional groups attached to an aromatic ring is 1. The lowest BCUT2D eigenvalue weighted by atomic mass is 10.2. The number of carbonyl (C=O) groups is 1. The van der Waals surface area contributed by atoms with Crippen LogP contribution in [0.25, 0.3) is 0 Å². The van der Waals surface area contributed by atoms with Crippen molar-refractivity contribution in [3.05, 3.63) is 42.1 Å². The minimum atomic E-state index is -0.120. The molecule has 1 aromatic heterocycles. The van der Waals surface area contributed by atoms with E-state index in [2.05, 4.69) is 17.1 Å². The molecule has 0 radical (unpaired) electrons. The summed E-state index contributed by atoms with van der Waals surface area (Å²) in [4.78, 5) is 14.3. The number of benzene rings is 1. The van der Waals surface area contributed by atoms with Gasteiger partial charge in [-0.25, -0.2) is 0 Å². The highest BCUT2D eigenvalue weighted by atomic mass is 16.2. The van der Waals surface area contributed by atoms with Gasteiger partial charge < -0.3 is 10.6 Å². The highest BCUT2D eigenvalue weighted by molar-refractivity contribution is 6.08. The van der Waals surface area contributed by atoms with Gasteiger partial charge in [0, 0.05) is 12.2 Å². The van der Waals surface area contributed by atoms with Crippen LogP contribution in [0, 0.1) is 0 Å². The molecule has 19 heavy (non-hydrogen) atoms. The van der Waals surface area contributed by atoms with Crippen molar-refractivity contribution in [2.24, 2.45) is 0 Å². The second-order valence-electron chi connectivity index (χ2n) is 4.34. The number of nitrogens with zero attached hydrogens (tertiary/aromatic N) is 2. The Hall–Kier alpha value is -2.30. The van der Waals surface area contributed by atoms with Crippen molar-refractivity contribution in [2.45, 2.75) is 19.8 Å². The molecule has 5 nitrogen and oxygen atoms in total. The minimum absolute atomic E-state index is 0.120. The highest BCUT2D eigenvalue weighted by Crippen LogP contribution is 2.19. The smallest absolute Gasteiger partial charge is 0.263 e. The Balaban J connectivity index is 2.28. The Morgan fingerprint density at radius 2 is 2.11 bits per heavy atom. The summed E-state index contributed by atoms with van der Waals surface area (Å²) >= 11 is 0. The van der Waals surface area contributed by atoms with Crippen molar-refractivity contribution in [2.75, 3.05) is 17.2 Å². The van der Waals surface area contributed by atoms with Crippen LogP contribution in [0.4, 0.5) is 11.5 Å². The van der Waals surface area contributed by atoms with Gasteiger partial charge in [-0.15, -0.1) is 0 Å². The molecule has 1 aromatic carbocycles. The molecular weight excluding hydrogens is 240 g/mol. The third-order valence-electron chi connectivity index (χ3n) is 2.95. The molecule has 0 spiro atoms. The number of nitrogens with one attached hydrogen (secondary N) is 1. The molecule has 0 fully saturated rings. The number of hydrogen-bond donors (Lipinski definition) is 2. The largest absolute Gasteiger partial charge is 0.383 e. The lowest BCUT2D eigenvalue weighted by Crippen LogP contribution is -2.32. The Morgan fingerprint density at radius 1 is 1.37 bits per heavy atom. The monoisotopic (exact) mass is 258 g/mol. The number of aromatic nitrogens is 2. The van der Waals surface area contributed by atoms with Gasteiger partial charge in [-0.3, -0.25) is 9.89 Å². The Morgan fingerprint density at radius 3 is 2.68 bits per heavy atom. The zero-order chi connectivity index (χ0) is 13.7. The van der Waals surface area contributed by atoms with Gasteiger partial charge in [0.25, 0.3) is 5.91 Å². The molecule has 0 atom stereocenters. The summed E-state index contributed by atoms with van der Waals surface area (Å²) in [6, 6.07) is 9.60. The maximum atomic E-state index is 12.5. The molecular formula is C14H18N4O. The summed E-state index contributed by atoms with van der Waals surface area (Å²) in [5, 5.41) is 6.39. The minimum Gasteiger partial charge on any atom is -0.383 e. The van der Waals surface area contributed by atoms with Gasteiger partial charge in [0.15, 0.2) is 0 Å². The second kappa shape index (κ2) is 6.04. The molecule has 0 saturated heterocycles. The van der Waals surface area contributed by atoms with Gasteiger partial charge in [0.05, 0.1) is 6.20 Å². The maximum absolute atomic E-state index is 12.5. The van der Waals surface area contributed by atoms with Crippen LogP contribution in [-0.4, -0.2) is 22.6 Å². The first-order valence-electron chi connectivity index (χ1n) is 6.39. The molecule has 0 unspecified atom stereocenters. The van der Waals surface area contributed by atoms with Gasteiger partial charge in [0.1, 0.15) is 11.4 Å². The van der Waals surface area contributed by atoms with Crippen LogP contribution >= 0.6 is 0 Å². The first-order valence-corrected chi connectivity index (χ1v) is 6.39. The topological polar surface area (TPSA) is 75.0 Å². The van der Waals surface area contributed by atoms with E-state index in [9.17, 15) is 4.79 Å². The van der Waals surface area contributed by atoms with E-state index in [0.717, 1.165) is 18.5 Å². The number of rotatable bonds is 5. The highest BCUT2D eigenvalue weighted by Gasteiger charge is 2.20. The number of aromatic amines is 1. The first kappa shape index (κ1) is 13.1. The first-order chi connectivity index (χ1) is 9.24. The zero-order valence-corrected chi connectivity index (χ0v) is 11.0. The van der Waals surface area contributed by atoms with Crippen LogP contribution < -0.4 is 10.6 Å². The molecule has 2 rings (SSSR count). The molecule has 0 aliphatic heterocycles. The number of hydrogen-bond acceptors (Lipinski definition) is 3. The van der Waals surface area contributed by atoms with E-state index in [1.165, 1.54) is 6.20 Å². The van der Waals surface area contributed by atoms with Gasteiger partial charge >= 0.3 is 0 Å². The number of carbonyl (C=O) groups excluding carboxylic acids is 1. The van der Waals surface area contributed by atoms with Crippen LogP contribution in [0.15, 0.2) is 36.5 Å². The number of para-hydroxylation sites is 1. The molecule has 3 N–H and O–H groups in total. The van der Waals surface area contributed by atoms with Crippen LogP contribution in [-0.2, 0) is 0 Å². The summed E-state index contributed by atoms with van der Waals surface area (Å²) in [6.45, 7) is 2.77. The predicted octanol–water partition coefficient (Wildman–Crippen LogP) is 2.44. The maximum Gasteiger partial charge on any atom is 0.263 e. The van der Waals surface area contributed by atoms with Crippen molar-refractivity contribution in [3.63, 3.8) is 0 Å². The fraction of sp³-hybridized carbons (Fsp3) is 0.286. The van der Waals surface area contributed by atoms with Crippen molar-refractivity contribution >= 4 is 17.4 Å². The number of H-pyrrole nitrogens is 1. The van der Waals surface area contributed by atoms with E-state index in [1.807, 2.05) is 30.3 Å². The lowest BCUT2D eigenvalue weighted by Gasteiger charge is -2.22. The van der Waals surface area contributed by atoms with Crippen molar-refractivity contribution in [1.29, 1.82) is 0 Å². The number of nitrogens with two attached hydrogens (primary N) is 1. The van der Waals surface area contributed by atoms with E-state index in [0.29, 0.717) is 17.9 Å². The summed E-state index contributed by atoms with van der Waals surface area (Å²) in [7, 11) is 0. The fourth-order valence-corrected chi connectivity index (χ4v) is 1.88. The fourth-order valence-electron chi connectivity index (χ4n) is 1.88. The molecule has 0 aliphatic rings. The molecule has 0 saturated carbocycles. The summed E-state index contributed by atoms with van der Waals surface area (Å²) in [5.41, 5.74) is 7.01. The molecule has 5 heteroatoms. The molecule has 0 aliphatic carbocycles. The third kappa shape index (κ3) is 2.93. The Kier molecular flexibility index (Phi) is 4.18. The van der Waals surface area contributed by atoms with E-state index in [4.69, 9.17) is 5.73 Å². The molecule has 100 valence electrons. The van der Waals surface area contributed by atoms with E-state index in [-0.39, 0.29) is 5.91 Å². The van der Waals surface area contributed by atoms with Crippen LogP contribution in [0.1, 0.15) is 30.1 Å². The third-order valence-corrected chi connectivity index (χ3v) is 2.95. The van der Waals surface area contributed by atoms with Crippen molar-refractivity contribution in [3.8, 4) is 0 Å². The summed E-state index contributed by atoms with van der Waals surface area (Å²) in [5.74, 6) is 0.188. The number of anilines is 2. The van der Waals surface area contributed by atoms with E-state index in [1.54, 1.807) is 4.90 Å². The van der Waals surface area contributed by atoms with Gasteiger partial charge in [0.2, 0.25) is 0 Å². The Labute approximate surface area is 112 Å². The zero-order valence-electron chi connectivity index (χ0n) is 11.0. The summed E-state index contributed by atoms with van der Waals surface area (Å²) in [6.07, 6.45) is 3.44. The SMILES string of the molecule is CCCCN(C(=O)c1cn[nH]c1N)c1ccccc1. The quantitative estimate of drug-likeness (QED) is 0.865. The standard InChI is InChI=1S/C14H18N4O/c1-2-3-9-18(11-7-5-4-6-8-11)14(19)12-10-16-17-13(12)15/h4-8,10H,2-3,9H2,1H3,(H3,15,16,17). The summed E-state index contributed by atoms with van der Waals surface area (Å²) < 4.78 is 0. The number of unbranched alkanes of at least 4 members (excludes halogenated alkanes) is 1. The molecule has 0 bridgehead atoms. The van der Waals surface area contributed by atoms with E-state index >= 15 is 0 Å². The lowest BCUT2D eigenvalue weighted by molar-refractivity contribution is 0.0987. The molecule has 1 heterocycles. The van der Waals surface area contributed by atoms with Gasteiger partial charge in [-0.05, 0) is 18.6 Å².